The summed E-state index contributed by atoms with van der Waals surface area (Å²) >= 11 is 0. The summed E-state index contributed by atoms with van der Waals surface area (Å²) in [5, 5.41) is 0. The van der Waals surface area contributed by atoms with Crippen molar-refractivity contribution in [3.8, 4) is 0 Å². The molecule has 132 valence electrons. The fourth-order valence-electron chi connectivity index (χ4n) is 2.24. The molecule has 0 atom stereocenters. The lowest BCUT2D eigenvalue weighted by atomic mass is 10.1. The van der Waals surface area contributed by atoms with Crippen molar-refractivity contribution >= 4 is 28.1 Å². The lowest BCUT2D eigenvalue weighted by Gasteiger charge is -2.11. The number of anilines is 1. The molecule has 0 spiro atoms. The summed E-state index contributed by atoms with van der Waals surface area (Å²) in [5.74, 6) is 0. The molecule has 0 unspecified atom stereocenters. The first-order valence-electron chi connectivity index (χ1n) is 7.44. The Balaban J connectivity index is 0.00000288. The van der Waals surface area contributed by atoms with Gasteiger partial charge in [0.2, 0.25) is 10.0 Å². The first-order chi connectivity index (χ1) is 10.9. The number of benzene rings is 2. The Morgan fingerprint density at radius 2 is 1.50 bits per heavy atom. The van der Waals surface area contributed by atoms with Gasteiger partial charge in [-0.05, 0) is 55.9 Å². The van der Waals surface area contributed by atoms with Crippen LogP contribution < -0.4 is 10.5 Å². The van der Waals surface area contributed by atoms with Crippen LogP contribution in [0.25, 0.3) is 0 Å². The first-order valence-corrected chi connectivity index (χ1v) is 8.93. The number of rotatable bonds is 7. The highest BCUT2D eigenvalue weighted by Crippen LogP contribution is 2.12. The Morgan fingerprint density at radius 3 is 2.04 bits per heavy atom. The molecule has 0 aromatic heterocycles. The van der Waals surface area contributed by atoms with Crippen LogP contribution >= 0.6 is 12.4 Å². The average molecular weight is 370 g/mol. The van der Waals surface area contributed by atoms with Crippen molar-refractivity contribution in [1.82, 2.24) is 9.62 Å². The van der Waals surface area contributed by atoms with Crippen LogP contribution in [0.5, 0.6) is 0 Å². The molecule has 0 amide bonds. The van der Waals surface area contributed by atoms with Crippen LogP contribution in [0.15, 0.2) is 53.4 Å². The molecule has 0 bridgehead atoms. The maximum atomic E-state index is 12.3. The zero-order valence-corrected chi connectivity index (χ0v) is 15.5. The molecule has 0 aliphatic heterocycles. The van der Waals surface area contributed by atoms with Crippen molar-refractivity contribution in [3.05, 3.63) is 59.7 Å². The Kier molecular flexibility index (Phi) is 7.69. The van der Waals surface area contributed by atoms with Gasteiger partial charge in [-0.1, -0.05) is 24.3 Å². The molecular formula is C17H24ClN3O2S. The van der Waals surface area contributed by atoms with Crippen molar-refractivity contribution in [2.75, 3.05) is 26.4 Å². The molecule has 0 saturated heterocycles. The number of nitrogen functional groups attached to an aromatic ring is 1. The maximum absolute atomic E-state index is 12.3. The van der Waals surface area contributed by atoms with E-state index in [1.165, 1.54) is 0 Å². The van der Waals surface area contributed by atoms with Crippen molar-refractivity contribution in [2.45, 2.75) is 17.9 Å². The molecule has 0 heterocycles. The summed E-state index contributed by atoms with van der Waals surface area (Å²) in [6.45, 7) is 1.14. The maximum Gasteiger partial charge on any atom is 0.240 e. The van der Waals surface area contributed by atoms with E-state index in [0.717, 1.165) is 17.7 Å². The number of nitrogens with one attached hydrogen (secondary N) is 1. The predicted molar refractivity (Wildman–Crippen MR) is 101 cm³/mol. The van der Waals surface area contributed by atoms with Gasteiger partial charge in [-0.3, -0.25) is 0 Å². The first kappa shape index (κ1) is 20.4. The molecule has 0 aliphatic carbocycles. The standard InChI is InChI=1S/C17H23N3O2S.ClH/c1-20(2)13-15-5-9-17(10-6-15)23(21,22)19-12-11-14-3-7-16(18)8-4-14;/h3-10,19H,11-13,18H2,1-2H3;1H. The summed E-state index contributed by atoms with van der Waals surface area (Å²) in [7, 11) is 0.479. The Hall–Kier alpha value is -1.60. The molecule has 2 rings (SSSR count). The highest BCUT2D eigenvalue weighted by atomic mass is 35.5. The van der Waals surface area contributed by atoms with Gasteiger partial charge in [0.05, 0.1) is 4.90 Å². The third kappa shape index (κ3) is 6.13. The highest BCUT2D eigenvalue weighted by Gasteiger charge is 2.13. The zero-order valence-electron chi connectivity index (χ0n) is 13.9. The Labute approximate surface area is 150 Å². The van der Waals surface area contributed by atoms with Crippen LogP contribution in [-0.4, -0.2) is 34.0 Å². The zero-order chi connectivity index (χ0) is 16.9. The Bertz CT molecular complexity index is 729. The molecule has 0 saturated carbocycles. The molecular weight excluding hydrogens is 346 g/mol. The van der Waals surface area contributed by atoms with E-state index < -0.39 is 10.0 Å². The fraction of sp³-hybridized carbons (Fsp3) is 0.294. The fourth-order valence-corrected chi connectivity index (χ4v) is 3.27. The summed E-state index contributed by atoms with van der Waals surface area (Å²) < 4.78 is 27.2. The van der Waals surface area contributed by atoms with Gasteiger partial charge in [0, 0.05) is 18.8 Å². The van der Waals surface area contributed by atoms with E-state index >= 15 is 0 Å². The second-order valence-corrected chi connectivity index (χ2v) is 7.54. The molecule has 0 fully saturated rings. The van der Waals surface area contributed by atoms with Crippen LogP contribution in [0.3, 0.4) is 0 Å². The van der Waals surface area contributed by atoms with Crippen molar-refractivity contribution in [3.63, 3.8) is 0 Å². The van der Waals surface area contributed by atoms with Gasteiger partial charge in [-0.2, -0.15) is 0 Å². The second-order valence-electron chi connectivity index (χ2n) is 5.77. The molecule has 5 nitrogen and oxygen atoms in total. The van der Waals surface area contributed by atoms with Crippen LogP contribution in [-0.2, 0) is 23.0 Å². The van der Waals surface area contributed by atoms with Crippen LogP contribution in [0.4, 0.5) is 5.69 Å². The van der Waals surface area contributed by atoms with Gasteiger partial charge in [-0.15, -0.1) is 12.4 Å². The van der Waals surface area contributed by atoms with E-state index in [1.54, 1.807) is 12.1 Å². The van der Waals surface area contributed by atoms with E-state index in [1.807, 2.05) is 55.4 Å². The lowest BCUT2D eigenvalue weighted by molar-refractivity contribution is 0.402. The van der Waals surface area contributed by atoms with Gasteiger partial charge in [0.25, 0.3) is 0 Å². The molecule has 2 aromatic rings. The third-order valence-corrected chi connectivity index (χ3v) is 4.89. The predicted octanol–water partition coefficient (Wildman–Crippen LogP) is 2.27. The topological polar surface area (TPSA) is 75.4 Å². The summed E-state index contributed by atoms with van der Waals surface area (Å²) in [5.41, 5.74) is 8.45. The highest BCUT2D eigenvalue weighted by molar-refractivity contribution is 7.89. The largest absolute Gasteiger partial charge is 0.399 e. The monoisotopic (exact) mass is 369 g/mol. The quantitative estimate of drug-likeness (QED) is 0.734. The Morgan fingerprint density at radius 1 is 0.958 bits per heavy atom. The molecule has 0 radical (unpaired) electrons. The van der Waals surface area contributed by atoms with Gasteiger partial charge in [-0.25, -0.2) is 13.1 Å². The van der Waals surface area contributed by atoms with E-state index in [0.29, 0.717) is 18.7 Å². The lowest BCUT2D eigenvalue weighted by Crippen LogP contribution is -2.26. The van der Waals surface area contributed by atoms with Gasteiger partial charge in [0.15, 0.2) is 0 Å². The molecule has 0 aliphatic rings. The second kappa shape index (κ2) is 9.03. The van der Waals surface area contributed by atoms with E-state index in [4.69, 9.17) is 5.73 Å². The van der Waals surface area contributed by atoms with Gasteiger partial charge < -0.3 is 10.6 Å². The van der Waals surface area contributed by atoms with Crippen molar-refractivity contribution < 1.29 is 8.42 Å². The molecule has 24 heavy (non-hydrogen) atoms. The van der Waals surface area contributed by atoms with E-state index in [2.05, 4.69) is 4.72 Å². The minimum atomic E-state index is -3.47. The summed E-state index contributed by atoms with van der Waals surface area (Å²) in [6.07, 6.45) is 0.623. The normalized spacial score (nSPS) is 11.3. The van der Waals surface area contributed by atoms with Crippen molar-refractivity contribution in [2.24, 2.45) is 0 Å². The van der Waals surface area contributed by atoms with Gasteiger partial charge in [0.1, 0.15) is 0 Å². The third-order valence-electron chi connectivity index (χ3n) is 3.42. The average Bonchev–Trinajstić information content (AvgIpc) is 2.49. The smallest absolute Gasteiger partial charge is 0.240 e. The molecule has 3 N–H and O–H groups in total. The SMILES string of the molecule is CN(C)Cc1ccc(S(=O)(=O)NCCc2ccc(N)cc2)cc1.Cl. The van der Waals surface area contributed by atoms with Crippen molar-refractivity contribution in [1.29, 1.82) is 0 Å². The number of halogens is 1. The van der Waals surface area contributed by atoms with E-state index in [9.17, 15) is 8.42 Å². The number of nitrogens with zero attached hydrogens (tertiary/aromatic N) is 1. The van der Waals surface area contributed by atoms with Crippen LogP contribution in [0.1, 0.15) is 11.1 Å². The number of sulfonamides is 1. The summed E-state index contributed by atoms with van der Waals surface area (Å²) in [4.78, 5) is 2.33. The number of hydrogen-bond acceptors (Lipinski definition) is 4. The minimum Gasteiger partial charge on any atom is -0.399 e. The number of hydrogen-bond donors (Lipinski definition) is 2. The molecule has 2 aromatic carbocycles. The van der Waals surface area contributed by atoms with Crippen LogP contribution in [0.2, 0.25) is 0 Å². The number of nitrogens with two attached hydrogens (primary N) is 1. The summed E-state index contributed by atoms with van der Waals surface area (Å²) in [6, 6.07) is 14.4. The van der Waals surface area contributed by atoms with Crippen LogP contribution in [0, 0.1) is 0 Å². The minimum absolute atomic E-state index is 0. The van der Waals surface area contributed by atoms with E-state index in [-0.39, 0.29) is 17.3 Å². The molecule has 7 heteroatoms. The van der Waals surface area contributed by atoms with Gasteiger partial charge >= 0.3 is 0 Å².